The van der Waals surface area contributed by atoms with Crippen LogP contribution in [0.1, 0.15) is 0 Å². The predicted molar refractivity (Wildman–Crippen MR) is 49.1 cm³/mol. The molecule has 0 radical (unpaired) electrons. The third kappa shape index (κ3) is 1.00. The van der Waals surface area contributed by atoms with Crippen molar-refractivity contribution < 1.29 is 9.47 Å². The first-order valence-corrected chi connectivity index (χ1v) is 4.39. The zero-order valence-electron chi connectivity index (χ0n) is 7.49. The second kappa shape index (κ2) is 2.48. The van der Waals surface area contributed by atoms with Gasteiger partial charge >= 0.3 is 0 Å². The lowest BCUT2D eigenvalue weighted by molar-refractivity contribution is -0.0648. The van der Waals surface area contributed by atoms with Crippen LogP contribution in [0.3, 0.4) is 0 Å². The summed E-state index contributed by atoms with van der Waals surface area (Å²) in [5, 5.41) is 3.27. The summed E-state index contributed by atoms with van der Waals surface area (Å²) in [6, 6.07) is 0. The van der Waals surface area contributed by atoms with Gasteiger partial charge in [0.05, 0.1) is 19.4 Å². The highest BCUT2D eigenvalue weighted by atomic mass is 16.5. The monoisotopic (exact) mass is 194 g/mol. The van der Waals surface area contributed by atoms with Crippen LogP contribution in [0.5, 0.6) is 5.75 Å². The van der Waals surface area contributed by atoms with Crippen molar-refractivity contribution in [3.63, 3.8) is 0 Å². The Morgan fingerprint density at radius 1 is 1.43 bits per heavy atom. The summed E-state index contributed by atoms with van der Waals surface area (Å²) in [6.07, 6.45) is 1.58. The molecule has 14 heavy (non-hydrogen) atoms. The number of nitrogen functional groups attached to an aromatic ring is 1. The molecule has 0 atom stereocenters. The van der Waals surface area contributed by atoms with Gasteiger partial charge in [-0.05, 0) is 0 Å². The summed E-state index contributed by atoms with van der Waals surface area (Å²) >= 11 is 0. The summed E-state index contributed by atoms with van der Waals surface area (Å²) in [5.41, 5.74) is 5.38. The Morgan fingerprint density at radius 2 is 2.29 bits per heavy atom. The van der Waals surface area contributed by atoms with Gasteiger partial charge in [-0.1, -0.05) is 0 Å². The van der Waals surface area contributed by atoms with Gasteiger partial charge in [-0.15, -0.1) is 0 Å². The molecule has 74 valence electrons. The van der Waals surface area contributed by atoms with E-state index < -0.39 is 0 Å². The molecule has 0 unspecified atom stereocenters. The maximum absolute atomic E-state index is 5.51. The smallest absolute Gasteiger partial charge is 0.222 e. The van der Waals surface area contributed by atoms with Gasteiger partial charge in [0.1, 0.15) is 12.1 Å². The molecule has 0 aromatic carbocycles. The maximum atomic E-state index is 5.51. The van der Waals surface area contributed by atoms with E-state index >= 15 is 0 Å². The second-order valence-corrected chi connectivity index (χ2v) is 3.63. The molecule has 1 aromatic heterocycles. The highest BCUT2D eigenvalue weighted by Gasteiger charge is 2.43. The molecule has 3 heterocycles. The Labute approximate surface area is 80.4 Å². The average Bonchev–Trinajstić information content (AvgIpc) is 2.14. The molecule has 3 N–H and O–H groups in total. The SMILES string of the molecule is Nc1ncc2c(n1)NC1(COC1)CO2. The number of nitrogens with one attached hydrogen (secondary N) is 1. The van der Waals surface area contributed by atoms with Gasteiger partial charge in [-0.3, -0.25) is 0 Å². The molecule has 6 heteroatoms. The van der Waals surface area contributed by atoms with E-state index in [1.807, 2.05) is 0 Å². The van der Waals surface area contributed by atoms with Crippen LogP contribution in [-0.2, 0) is 4.74 Å². The number of fused-ring (bicyclic) bond motifs is 1. The van der Waals surface area contributed by atoms with Crippen molar-refractivity contribution in [1.82, 2.24) is 9.97 Å². The lowest BCUT2D eigenvalue weighted by Gasteiger charge is -2.44. The van der Waals surface area contributed by atoms with Crippen LogP contribution >= 0.6 is 0 Å². The predicted octanol–water partition coefficient (Wildman–Crippen LogP) is -0.368. The minimum atomic E-state index is -0.103. The second-order valence-electron chi connectivity index (χ2n) is 3.63. The molecular weight excluding hydrogens is 184 g/mol. The Bertz CT molecular complexity index is 378. The van der Waals surface area contributed by atoms with Gasteiger partial charge in [0.15, 0.2) is 11.6 Å². The van der Waals surface area contributed by atoms with E-state index in [2.05, 4.69) is 15.3 Å². The van der Waals surface area contributed by atoms with Gasteiger partial charge in [0.25, 0.3) is 0 Å². The van der Waals surface area contributed by atoms with Crippen molar-refractivity contribution in [3.8, 4) is 5.75 Å². The molecule has 0 bridgehead atoms. The normalized spacial score (nSPS) is 21.7. The van der Waals surface area contributed by atoms with Gasteiger partial charge < -0.3 is 20.5 Å². The van der Waals surface area contributed by atoms with Crippen molar-refractivity contribution in [3.05, 3.63) is 6.20 Å². The van der Waals surface area contributed by atoms with E-state index in [-0.39, 0.29) is 11.5 Å². The van der Waals surface area contributed by atoms with Crippen LogP contribution in [-0.4, -0.2) is 35.3 Å². The van der Waals surface area contributed by atoms with Crippen molar-refractivity contribution in [1.29, 1.82) is 0 Å². The third-order valence-corrected chi connectivity index (χ3v) is 2.42. The van der Waals surface area contributed by atoms with E-state index in [0.717, 1.165) is 0 Å². The molecule has 1 spiro atoms. The van der Waals surface area contributed by atoms with Crippen molar-refractivity contribution in [2.24, 2.45) is 0 Å². The third-order valence-electron chi connectivity index (χ3n) is 2.42. The average molecular weight is 194 g/mol. The molecule has 2 aliphatic heterocycles. The molecule has 3 rings (SSSR count). The number of nitrogens with two attached hydrogens (primary N) is 1. The fraction of sp³-hybridized carbons (Fsp3) is 0.500. The van der Waals surface area contributed by atoms with Crippen LogP contribution in [0.15, 0.2) is 6.20 Å². The Balaban J connectivity index is 1.96. The minimum absolute atomic E-state index is 0.103. The molecule has 6 nitrogen and oxygen atoms in total. The molecule has 0 aliphatic carbocycles. The lowest BCUT2D eigenvalue weighted by atomic mass is 9.98. The highest BCUT2D eigenvalue weighted by Crippen LogP contribution is 2.33. The summed E-state index contributed by atoms with van der Waals surface area (Å²) < 4.78 is 10.7. The fourth-order valence-corrected chi connectivity index (χ4v) is 1.59. The van der Waals surface area contributed by atoms with Crippen molar-refractivity contribution in [2.45, 2.75) is 5.54 Å². The standard InChI is InChI=1S/C8H10N4O2/c9-7-10-1-5-6(11-7)12-8(4-14-5)2-13-3-8/h1H,2-4H2,(H3,9,10,11,12). The molecule has 1 saturated heterocycles. The fourth-order valence-electron chi connectivity index (χ4n) is 1.59. The number of nitrogens with zero attached hydrogens (tertiary/aromatic N) is 2. The minimum Gasteiger partial charge on any atom is -0.485 e. The van der Waals surface area contributed by atoms with Crippen molar-refractivity contribution >= 4 is 11.8 Å². The van der Waals surface area contributed by atoms with Crippen LogP contribution in [0, 0.1) is 0 Å². The number of hydrogen-bond donors (Lipinski definition) is 2. The van der Waals surface area contributed by atoms with E-state index in [9.17, 15) is 0 Å². The van der Waals surface area contributed by atoms with E-state index in [1.165, 1.54) is 0 Å². The zero-order valence-corrected chi connectivity index (χ0v) is 7.49. The molecule has 0 saturated carbocycles. The highest BCUT2D eigenvalue weighted by molar-refractivity contribution is 5.55. The first kappa shape index (κ1) is 7.81. The topological polar surface area (TPSA) is 82.3 Å². The van der Waals surface area contributed by atoms with Crippen LogP contribution in [0.25, 0.3) is 0 Å². The Hall–Kier alpha value is -1.56. The van der Waals surface area contributed by atoms with E-state index in [4.69, 9.17) is 15.2 Å². The van der Waals surface area contributed by atoms with E-state index in [0.29, 0.717) is 31.4 Å². The zero-order chi connectivity index (χ0) is 9.60. The Morgan fingerprint density at radius 3 is 3.00 bits per heavy atom. The summed E-state index contributed by atoms with van der Waals surface area (Å²) in [4.78, 5) is 7.92. The lowest BCUT2D eigenvalue weighted by Crippen LogP contribution is -2.61. The molecule has 1 fully saturated rings. The van der Waals surface area contributed by atoms with E-state index in [1.54, 1.807) is 6.20 Å². The first-order chi connectivity index (χ1) is 6.77. The van der Waals surface area contributed by atoms with Crippen molar-refractivity contribution in [2.75, 3.05) is 30.9 Å². The summed E-state index contributed by atoms with van der Waals surface area (Å²) in [7, 11) is 0. The number of aromatic nitrogens is 2. The molecule has 1 aromatic rings. The van der Waals surface area contributed by atoms with Crippen LogP contribution in [0.2, 0.25) is 0 Å². The first-order valence-electron chi connectivity index (χ1n) is 4.39. The summed E-state index contributed by atoms with van der Waals surface area (Å²) in [5.74, 6) is 1.56. The number of hydrogen-bond acceptors (Lipinski definition) is 6. The number of ether oxygens (including phenoxy) is 2. The Kier molecular flexibility index (Phi) is 1.38. The van der Waals surface area contributed by atoms with Gasteiger partial charge in [-0.25, -0.2) is 4.98 Å². The quantitative estimate of drug-likeness (QED) is 0.586. The molecule has 0 amide bonds. The maximum Gasteiger partial charge on any atom is 0.222 e. The van der Waals surface area contributed by atoms with Crippen LogP contribution < -0.4 is 15.8 Å². The largest absolute Gasteiger partial charge is 0.485 e. The number of anilines is 2. The molecular formula is C8H10N4O2. The van der Waals surface area contributed by atoms with Crippen LogP contribution in [0.4, 0.5) is 11.8 Å². The van der Waals surface area contributed by atoms with Gasteiger partial charge in [0.2, 0.25) is 5.95 Å². The summed E-state index contributed by atoms with van der Waals surface area (Å²) in [6.45, 7) is 1.89. The molecule has 2 aliphatic rings. The number of rotatable bonds is 0. The van der Waals surface area contributed by atoms with Gasteiger partial charge in [-0.2, -0.15) is 4.98 Å². The van der Waals surface area contributed by atoms with Gasteiger partial charge in [0, 0.05) is 0 Å².